The molecule has 0 amide bonds. The molecule has 0 aliphatic heterocycles. The number of carboxylic acid groups (broad SMARTS) is 1. The lowest BCUT2D eigenvalue weighted by Gasteiger charge is -2.11. The van der Waals surface area contributed by atoms with Gasteiger partial charge in [-0.1, -0.05) is 13.3 Å². The van der Waals surface area contributed by atoms with Crippen molar-refractivity contribution in [3.63, 3.8) is 0 Å². The van der Waals surface area contributed by atoms with Gasteiger partial charge in [0.15, 0.2) is 0 Å². The standard InChI is InChI=1S/C9H15F3O2/c1-2-4-7(8(13)14)5-3-6-9(10,11)12/h7H,2-6H2,1H3,(H,13,14). The van der Waals surface area contributed by atoms with Crippen LogP contribution in [0.1, 0.15) is 39.0 Å². The molecule has 0 saturated carbocycles. The molecule has 84 valence electrons. The number of hydrogen-bond acceptors (Lipinski definition) is 1. The Kier molecular flexibility index (Phi) is 5.57. The highest BCUT2D eigenvalue weighted by atomic mass is 19.4. The van der Waals surface area contributed by atoms with Crippen LogP contribution in [0.3, 0.4) is 0 Å². The van der Waals surface area contributed by atoms with E-state index in [1.165, 1.54) is 0 Å². The summed E-state index contributed by atoms with van der Waals surface area (Å²) >= 11 is 0. The van der Waals surface area contributed by atoms with E-state index in [2.05, 4.69) is 0 Å². The zero-order valence-electron chi connectivity index (χ0n) is 8.10. The Bertz CT molecular complexity index is 177. The van der Waals surface area contributed by atoms with Gasteiger partial charge in [-0.15, -0.1) is 0 Å². The minimum atomic E-state index is -4.17. The highest BCUT2D eigenvalue weighted by Crippen LogP contribution is 2.24. The second-order valence-electron chi connectivity index (χ2n) is 3.33. The van der Waals surface area contributed by atoms with Gasteiger partial charge in [-0.3, -0.25) is 4.79 Å². The Morgan fingerprint density at radius 3 is 2.29 bits per heavy atom. The zero-order valence-corrected chi connectivity index (χ0v) is 8.10. The quantitative estimate of drug-likeness (QED) is 0.733. The highest BCUT2D eigenvalue weighted by molar-refractivity contribution is 5.69. The zero-order chi connectivity index (χ0) is 11.2. The second kappa shape index (κ2) is 5.88. The molecular weight excluding hydrogens is 197 g/mol. The number of aliphatic carboxylic acids is 1. The smallest absolute Gasteiger partial charge is 0.389 e. The van der Waals surface area contributed by atoms with Crippen molar-refractivity contribution in [2.45, 2.75) is 45.2 Å². The Balaban J connectivity index is 3.77. The molecular formula is C9H15F3O2. The Hall–Kier alpha value is -0.740. The molecule has 0 aromatic carbocycles. The van der Waals surface area contributed by atoms with Crippen LogP contribution in [0.4, 0.5) is 13.2 Å². The summed E-state index contributed by atoms with van der Waals surface area (Å²) in [6.07, 6.45) is -3.91. The molecule has 0 bridgehead atoms. The fourth-order valence-electron chi connectivity index (χ4n) is 1.29. The number of carboxylic acids is 1. The van der Waals surface area contributed by atoms with Crippen LogP contribution >= 0.6 is 0 Å². The Morgan fingerprint density at radius 1 is 1.36 bits per heavy atom. The molecule has 0 aliphatic rings. The van der Waals surface area contributed by atoms with Crippen molar-refractivity contribution < 1.29 is 23.1 Å². The molecule has 14 heavy (non-hydrogen) atoms. The molecule has 1 N–H and O–H groups in total. The maximum absolute atomic E-state index is 11.7. The van der Waals surface area contributed by atoms with Crippen LogP contribution in [0.25, 0.3) is 0 Å². The normalized spacial score (nSPS) is 14.0. The highest BCUT2D eigenvalue weighted by Gasteiger charge is 2.27. The topological polar surface area (TPSA) is 37.3 Å². The van der Waals surface area contributed by atoms with Crippen LogP contribution in [0, 0.1) is 5.92 Å². The van der Waals surface area contributed by atoms with Crippen molar-refractivity contribution in [3.05, 3.63) is 0 Å². The molecule has 5 heteroatoms. The summed E-state index contributed by atoms with van der Waals surface area (Å²) in [5.74, 6) is -1.61. The lowest BCUT2D eigenvalue weighted by molar-refractivity contribution is -0.145. The summed E-state index contributed by atoms with van der Waals surface area (Å²) < 4.78 is 35.2. The van der Waals surface area contributed by atoms with Crippen LogP contribution in [0.2, 0.25) is 0 Å². The monoisotopic (exact) mass is 212 g/mol. The molecule has 0 rings (SSSR count). The maximum atomic E-state index is 11.7. The molecule has 1 unspecified atom stereocenters. The predicted octanol–water partition coefficient (Wildman–Crippen LogP) is 3.22. The van der Waals surface area contributed by atoms with E-state index >= 15 is 0 Å². The van der Waals surface area contributed by atoms with E-state index in [9.17, 15) is 18.0 Å². The molecule has 0 aromatic rings. The molecule has 0 spiro atoms. The molecule has 0 aliphatic carbocycles. The number of halogens is 3. The van der Waals surface area contributed by atoms with Crippen LogP contribution in [-0.2, 0) is 4.79 Å². The fourth-order valence-corrected chi connectivity index (χ4v) is 1.29. The summed E-state index contributed by atoms with van der Waals surface area (Å²) in [6, 6.07) is 0. The summed E-state index contributed by atoms with van der Waals surface area (Å²) in [6.45, 7) is 1.82. The van der Waals surface area contributed by atoms with Crippen molar-refractivity contribution in [1.82, 2.24) is 0 Å². The first-order chi connectivity index (χ1) is 6.37. The number of hydrogen-bond donors (Lipinski definition) is 1. The van der Waals surface area contributed by atoms with E-state index in [-0.39, 0.29) is 12.8 Å². The average Bonchev–Trinajstić information content (AvgIpc) is 2.00. The van der Waals surface area contributed by atoms with Gasteiger partial charge in [-0.25, -0.2) is 0 Å². The van der Waals surface area contributed by atoms with Crippen molar-refractivity contribution in [3.8, 4) is 0 Å². The molecule has 0 fully saturated rings. The van der Waals surface area contributed by atoms with Gasteiger partial charge in [0.1, 0.15) is 0 Å². The van der Waals surface area contributed by atoms with E-state index in [0.717, 1.165) is 0 Å². The Labute approximate surface area is 81.1 Å². The van der Waals surface area contributed by atoms with Gasteiger partial charge >= 0.3 is 12.1 Å². The molecule has 0 aromatic heterocycles. The Morgan fingerprint density at radius 2 is 1.93 bits per heavy atom. The van der Waals surface area contributed by atoms with Crippen molar-refractivity contribution in [1.29, 1.82) is 0 Å². The molecule has 0 heterocycles. The van der Waals surface area contributed by atoms with E-state index in [1.54, 1.807) is 0 Å². The lowest BCUT2D eigenvalue weighted by atomic mass is 9.97. The fraction of sp³-hybridized carbons (Fsp3) is 0.889. The van der Waals surface area contributed by atoms with Gasteiger partial charge in [-0.05, 0) is 19.3 Å². The third kappa shape index (κ3) is 6.74. The van der Waals surface area contributed by atoms with Gasteiger partial charge in [0, 0.05) is 6.42 Å². The molecule has 2 nitrogen and oxygen atoms in total. The summed E-state index contributed by atoms with van der Waals surface area (Å²) in [5.41, 5.74) is 0. The van der Waals surface area contributed by atoms with E-state index < -0.39 is 24.5 Å². The minimum Gasteiger partial charge on any atom is -0.481 e. The number of carbonyl (C=O) groups is 1. The summed E-state index contributed by atoms with van der Waals surface area (Å²) in [4.78, 5) is 10.6. The van der Waals surface area contributed by atoms with E-state index in [1.807, 2.05) is 6.92 Å². The van der Waals surface area contributed by atoms with Gasteiger partial charge < -0.3 is 5.11 Å². The molecule has 0 radical (unpaired) electrons. The van der Waals surface area contributed by atoms with Gasteiger partial charge in [-0.2, -0.15) is 13.2 Å². The summed E-state index contributed by atoms with van der Waals surface area (Å²) in [7, 11) is 0. The lowest BCUT2D eigenvalue weighted by Crippen LogP contribution is -2.15. The van der Waals surface area contributed by atoms with Crippen LogP contribution < -0.4 is 0 Å². The van der Waals surface area contributed by atoms with Crippen molar-refractivity contribution in [2.75, 3.05) is 0 Å². The van der Waals surface area contributed by atoms with E-state index in [0.29, 0.717) is 12.8 Å². The number of alkyl halides is 3. The summed E-state index contributed by atoms with van der Waals surface area (Å²) in [5, 5.41) is 8.65. The van der Waals surface area contributed by atoms with Crippen molar-refractivity contribution >= 4 is 5.97 Å². The van der Waals surface area contributed by atoms with Crippen LogP contribution in [-0.4, -0.2) is 17.3 Å². The first kappa shape index (κ1) is 13.3. The van der Waals surface area contributed by atoms with Crippen LogP contribution in [0.15, 0.2) is 0 Å². The second-order valence-corrected chi connectivity index (χ2v) is 3.33. The molecule has 0 saturated heterocycles. The van der Waals surface area contributed by atoms with E-state index in [4.69, 9.17) is 5.11 Å². The maximum Gasteiger partial charge on any atom is 0.389 e. The SMILES string of the molecule is CCCC(CCCC(F)(F)F)C(=O)O. The third-order valence-electron chi connectivity index (χ3n) is 2.00. The third-order valence-corrected chi connectivity index (χ3v) is 2.00. The minimum absolute atomic E-state index is 0.0968. The first-order valence-electron chi connectivity index (χ1n) is 4.66. The first-order valence-corrected chi connectivity index (χ1v) is 4.66. The largest absolute Gasteiger partial charge is 0.481 e. The van der Waals surface area contributed by atoms with Gasteiger partial charge in [0.05, 0.1) is 5.92 Å². The van der Waals surface area contributed by atoms with Crippen LogP contribution in [0.5, 0.6) is 0 Å². The van der Waals surface area contributed by atoms with Gasteiger partial charge in [0.25, 0.3) is 0 Å². The van der Waals surface area contributed by atoms with Crippen molar-refractivity contribution in [2.24, 2.45) is 5.92 Å². The number of rotatable bonds is 6. The molecule has 1 atom stereocenters. The average molecular weight is 212 g/mol. The predicted molar refractivity (Wildman–Crippen MR) is 45.9 cm³/mol. The van der Waals surface area contributed by atoms with Gasteiger partial charge in [0.2, 0.25) is 0 Å².